The maximum Gasteiger partial charge on any atom is 0.245 e. The molecule has 0 aliphatic carbocycles. The first-order valence-electron chi connectivity index (χ1n) is 6.45. The molecule has 0 spiro atoms. The molecule has 8 heteroatoms. The van der Waals surface area contributed by atoms with E-state index in [0.717, 1.165) is 0 Å². The van der Waals surface area contributed by atoms with E-state index in [4.69, 9.17) is 5.73 Å². The van der Waals surface area contributed by atoms with Gasteiger partial charge in [-0.05, 0) is 18.6 Å². The number of rotatable bonds is 4. The molecule has 0 aromatic carbocycles. The van der Waals surface area contributed by atoms with Gasteiger partial charge in [0.05, 0.1) is 5.69 Å². The van der Waals surface area contributed by atoms with Gasteiger partial charge in [0.1, 0.15) is 10.9 Å². The van der Waals surface area contributed by atoms with Gasteiger partial charge in [0.2, 0.25) is 15.9 Å². The van der Waals surface area contributed by atoms with E-state index in [1.165, 1.54) is 16.6 Å². The van der Waals surface area contributed by atoms with Crippen LogP contribution in [0.3, 0.4) is 0 Å². The molecule has 110 valence electrons. The van der Waals surface area contributed by atoms with E-state index in [2.05, 4.69) is 10.3 Å². The molecular formula is C12H18N4O3S. The van der Waals surface area contributed by atoms with Gasteiger partial charge in [0, 0.05) is 25.8 Å². The first-order valence-corrected chi connectivity index (χ1v) is 7.89. The molecule has 1 aromatic rings. The predicted octanol–water partition coefficient (Wildman–Crippen LogP) is -0.561. The maximum atomic E-state index is 12.6. The Hall–Kier alpha value is -1.51. The predicted molar refractivity (Wildman–Crippen MR) is 73.1 cm³/mol. The molecule has 3 N–H and O–H groups in total. The zero-order valence-electron chi connectivity index (χ0n) is 11.2. The molecule has 20 heavy (non-hydrogen) atoms. The Kier molecular flexibility index (Phi) is 4.36. The van der Waals surface area contributed by atoms with Gasteiger partial charge in [-0.2, -0.15) is 4.31 Å². The van der Waals surface area contributed by atoms with E-state index in [0.29, 0.717) is 18.7 Å². The number of sulfonamides is 1. The highest BCUT2D eigenvalue weighted by molar-refractivity contribution is 7.89. The molecule has 1 fully saturated rings. The molecule has 1 aromatic heterocycles. The summed E-state index contributed by atoms with van der Waals surface area (Å²) in [4.78, 5) is 15.8. The number of amides is 1. The summed E-state index contributed by atoms with van der Waals surface area (Å²) in [5.41, 5.74) is 6.06. The van der Waals surface area contributed by atoms with Gasteiger partial charge in [0.15, 0.2) is 0 Å². The summed E-state index contributed by atoms with van der Waals surface area (Å²) in [7, 11) is -3.71. The minimum atomic E-state index is -3.71. The zero-order valence-corrected chi connectivity index (χ0v) is 12.1. The van der Waals surface area contributed by atoms with Crippen molar-refractivity contribution in [3.63, 3.8) is 0 Å². The second-order valence-corrected chi connectivity index (χ2v) is 6.41. The third-order valence-corrected chi connectivity index (χ3v) is 5.17. The summed E-state index contributed by atoms with van der Waals surface area (Å²) in [5, 5.41) is 2.68. The summed E-state index contributed by atoms with van der Waals surface area (Å²) in [6.07, 6.45) is 1.72. The van der Waals surface area contributed by atoms with Crippen LogP contribution in [0.15, 0.2) is 23.2 Å². The summed E-state index contributed by atoms with van der Waals surface area (Å²) in [6, 6.07) is 2.39. The Morgan fingerprint density at radius 2 is 2.25 bits per heavy atom. The van der Waals surface area contributed by atoms with E-state index < -0.39 is 16.1 Å². The molecule has 2 rings (SSSR count). The van der Waals surface area contributed by atoms with Gasteiger partial charge in [-0.15, -0.1) is 0 Å². The number of nitrogens with two attached hydrogens (primary N) is 1. The van der Waals surface area contributed by atoms with Crippen LogP contribution in [0.25, 0.3) is 0 Å². The van der Waals surface area contributed by atoms with Crippen molar-refractivity contribution >= 4 is 15.9 Å². The van der Waals surface area contributed by atoms with Gasteiger partial charge in [-0.25, -0.2) is 8.42 Å². The monoisotopic (exact) mass is 298 g/mol. The Bertz CT molecular complexity index is 585. The lowest BCUT2D eigenvalue weighted by Gasteiger charge is -2.33. The number of hydrogen-bond donors (Lipinski definition) is 2. The fraction of sp³-hybridized carbons (Fsp3) is 0.500. The van der Waals surface area contributed by atoms with Crippen LogP contribution in [-0.2, 0) is 21.4 Å². The van der Waals surface area contributed by atoms with E-state index in [1.54, 1.807) is 13.0 Å². The van der Waals surface area contributed by atoms with Crippen LogP contribution in [0.1, 0.15) is 19.0 Å². The second kappa shape index (κ2) is 5.86. The highest BCUT2D eigenvalue weighted by Gasteiger charge is 2.37. The van der Waals surface area contributed by atoms with Crippen molar-refractivity contribution in [2.75, 3.05) is 13.1 Å². The number of carbonyl (C=O) groups excluding carboxylic acids is 1. The van der Waals surface area contributed by atoms with Gasteiger partial charge in [-0.1, -0.05) is 6.92 Å². The molecule has 1 unspecified atom stereocenters. The normalized spacial score (nSPS) is 20.7. The van der Waals surface area contributed by atoms with Gasteiger partial charge in [0.25, 0.3) is 0 Å². The van der Waals surface area contributed by atoms with Crippen LogP contribution in [0.4, 0.5) is 0 Å². The third-order valence-electron chi connectivity index (χ3n) is 3.28. The van der Waals surface area contributed by atoms with E-state index >= 15 is 0 Å². The van der Waals surface area contributed by atoms with Crippen LogP contribution >= 0.6 is 0 Å². The summed E-state index contributed by atoms with van der Waals surface area (Å²) < 4.78 is 26.4. The molecule has 1 amide bonds. The molecule has 1 atom stereocenters. The maximum absolute atomic E-state index is 12.6. The third kappa shape index (κ3) is 2.67. The smallest absolute Gasteiger partial charge is 0.245 e. The topological polar surface area (TPSA) is 105 Å². The van der Waals surface area contributed by atoms with Crippen molar-refractivity contribution in [3.05, 3.63) is 24.0 Å². The zero-order chi connectivity index (χ0) is 14.8. The average molecular weight is 298 g/mol. The quantitative estimate of drug-likeness (QED) is 0.775. The fourth-order valence-corrected chi connectivity index (χ4v) is 3.80. The SMILES string of the molecule is CCC1C(=O)NCCN1S(=O)(=O)c1ccc(CN)nc1. The number of nitrogens with zero attached hydrogens (tertiary/aromatic N) is 2. The highest BCUT2D eigenvalue weighted by Crippen LogP contribution is 2.20. The van der Waals surface area contributed by atoms with Crippen molar-refractivity contribution in [1.82, 2.24) is 14.6 Å². The number of nitrogens with one attached hydrogen (secondary N) is 1. The van der Waals surface area contributed by atoms with Crippen LogP contribution in [0.5, 0.6) is 0 Å². The molecule has 0 radical (unpaired) electrons. The number of carbonyl (C=O) groups is 1. The molecule has 0 bridgehead atoms. The number of pyridine rings is 1. The standard InChI is InChI=1S/C12H18N4O3S/c1-2-11-12(17)14-5-6-16(11)20(18,19)10-4-3-9(7-13)15-8-10/h3-4,8,11H,2,5-7,13H2,1H3,(H,14,17). The lowest BCUT2D eigenvalue weighted by molar-refractivity contribution is -0.126. The Balaban J connectivity index is 2.34. The van der Waals surface area contributed by atoms with Crippen LogP contribution in [0, 0.1) is 0 Å². The summed E-state index contributed by atoms with van der Waals surface area (Å²) in [5.74, 6) is -0.256. The molecular weight excluding hydrogens is 280 g/mol. The number of aromatic nitrogens is 1. The van der Waals surface area contributed by atoms with E-state index in [1.807, 2.05) is 0 Å². The van der Waals surface area contributed by atoms with Gasteiger partial charge in [-0.3, -0.25) is 9.78 Å². The van der Waals surface area contributed by atoms with Crippen molar-refractivity contribution in [1.29, 1.82) is 0 Å². The summed E-state index contributed by atoms with van der Waals surface area (Å²) >= 11 is 0. The fourth-order valence-electron chi connectivity index (χ4n) is 2.19. The second-order valence-electron chi connectivity index (χ2n) is 4.52. The largest absolute Gasteiger partial charge is 0.353 e. The molecule has 1 aliphatic rings. The molecule has 2 heterocycles. The summed E-state index contributed by atoms with van der Waals surface area (Å²) in [6.45, 7) is 2.63. The minimum Gasteiger partial charge on any atom is -0.353 e. The van der Waals surface area contributed by atoms with Crippen LogP contribution in [0.2, 0.25) is 0 Å². The highest BCUT2D eigenvalue weighted by atomic mass is 32.2. The van der Waals surface area contributed by atoms with Gasteiger partial charge < -0.3 is 11.1 Å². The molecule has 0 saturated carbocycles. The lowest BCUT2D eigenvalue weighted by atomic mass is 10.2. The van der Waals surface area contributed by atoms with E-state index in [-0.39, 0.29) is 23.9 Å². The van der Waals surface area contributed by atoms with Crippen molar-refractivity contribution < 1.29 is 13.2 Å². The van der Waals surface area contributed by atoms with Crippen molar-refractivity contribution in [3.8, 4) is 0 Å². The molecule has 1 aliphatic heterocycles. The Labute approximate surface area is 118 Å². The van der Waals surface area contributed by atoms with Crippen LogP contribution in [-0.4, -0.2) is 42.7 Å². The van der Waals surface area contributed by atoms with E-state index in [9.17, 15) is 13.2 Å². The molecule has 7 nitrogen and oxygen atoms in total. The van der Waals surface area contributed by atoms with Crippen molar-refractivity contribution in [2.45, 2.75) is 30.8 Å². The Morgan fingerprint density at radius 1 is 1.50 bits per heavy atom. The van der Waals surface area contributed by atoms with Crippen molar-refractivity contribution in [2.24, 2.45) is 5.73 Å². The number of hydrogen-bond acceptors (Lipinski definition) is 5. The number of piperazine rings is 1. The average Bonchev–Trinajstić information content (AvgIpc) is 2.47. The molecule has 1 saturated heterocycles. The first-order chi connectivity index (χ1) is 9.50. The van der Waals surface area contributed by atoms with Gasteiger partial charge >= 0.3 is 0 Å². The minimum absolute atomic E-state index is 0.0860. The first kappa shape index (κ1) is 14.9. The lowest BCUT2D eigenvalue weighted by Crippen LogP contribution is -2.56. The van der Waals surface area contributed by atoms with Crippen LogP contribution < -0.4 is 11.1 Å². The Morgan fingerprint density at radius 3 is 2.80 bits per heavy atom.